The van der Waals surface area contributed by atoms with Crippen molar-refractivity contribution in [1.82, 2.24) is 10.6 Å². The van der Waals surface area contributed by atoms with Gasteiger partial charge in [0.25, 0.3) is 5.91 Å². The van der Waals surface area contributed by atoms with Crippen molar-refractivity contribution in [3.8, 4) is 6.07 Å². The maximum absolute atomic E-state index is 11.8. The van der Waals surface area contributed by atoms with Crippen molar-refractivity contribution in [2.75, 3.05) is 6.54 Å². The van der Waals surface area contributed by atoms with E-state index in [4.69, 9.17) is 5.26 Å². The first kappa shape index (κ1) is 14.8. The zero-order chi connectivity index (χ0) is 15.1. The summed E-state index contributed by atoms with van der Waals surface area (Å²) in [6, 6.07) is 11.7. The van der Waals surface area contributed by atoms with Crippen LogP contribution in [0.4, 0.5) is 0 Å². The fourth-order valence-corrected chi connectivity index (χ4v) is 2.38. The van der Waals surface area contributed by atoms with E-state index in [2.05, 4.69) is 10.6 Å². The molecule has 106 valence electrons. The predicted octanol–water partition coefficient (Wildman–Crippen LogP) is 1.86. The van der Waals surface area contributed by atoms with E-state index in [0.29, 0.717) is 5.56 Å². The number of hydrogen-bond donors (Lipinski definition) is 2. The van der Waals surface area contributed by atoms with Gasteiger partial charge < -0.3 is 10.6 Å². The molecule has 2 amide bonds. The second-order valence-corrected chi connectivity index (χ2v) is 5.02. The molecule has 2 rings (SSSR count). The Balaban J connectivity index is 1.85. The minimum absolute atomic E-state index is 0.171. The highest BCUT2D eigenvalue weighted by atomic mass is 32.1. The molecule has 1 unspecified atom stereocenters. The molecule has 1 aromatic heterocycles. The first-order valence-electron chi connectivity index (χ1n) is 6.25. The number of nitrogens with one attached hydrogen (secondary N) is 2. The van der Waals surface area contributed by atoms with Crippen LogP contribution >= 0.6 is 11.3 Å². The zero-order valence-corrected chi connectivity index (χ0v) is 11.9. The standard InChI is InChI=1S/C15H13N3O2S/c16-8-13(12-6-7-21-10-12)18-14(19)9-17-15(20)11-4-2-1-3-5-11/h1-7,10,13H,9H2,(H,17,20)(H,18,19). The van der Waals surface area contributed by atoms with Gasteiger partial charge in [0.2, 0.25) is 5.91 Å². The van der Waals surface area contributed by atoms with Gasteiger partial charge in [-0.25, -0.2) is 0 Å². The highest BCUT2D eigenvalue weighted by molar-refractivity contribution is 7.08. The Morgan fingerprint density at radius 3 is 2.62 bits per heavy atom. The van der Waals surface area contributed by atoms with E-state index < -0.39 is 11.9 Å². The molecule has 6 heteroatoms. The van der Waals surface area contributed by atoms with Gasteiger partial charge in [-0.1, -0.05) is 18.2 Å². The Labute approximate surface area is 126 Å². The Morgan fingerprint density at radius 1 is 1.24 bits per heavy atom. The highest BCUT2D eigenvalue weighted by Crippen LogP contribution is 2.15. The van der Waals surface area contributed by atoms with Crippen LogP contribution in [-0.2, 0) is 4.79 Å². The van der Waals surface area contributed by atoms with Gasteiger partial charge in [-0.15, -0.1) is 0 Å². The fourth-order valence-electron chi connectivity index (χ4n) is 1.69. The lowest BCUT2D eigenvalue weighted by molar-refractivity contribution is -0.120. The summed E-state index contributed by atoms with van der Waals surface area (Å²) in [4.78, 5) is 23.5. The third kappa shape index (κ3) is 4.16. The Hall–Kier alpha value is -2.65. The summed E-state index contributed by atoms with van der Waals surface area (Å²) in [5.74, 6) is -0.730. The van der Waals surface area contributed by atoms with Crippen LogP contribution in [0.1, 0.15) is 22.0 Å². The lowest BCUT2D eigenvalue weighted by Crippen LogP contribution is -2.38. The number of thiophene rings is 1. The van der Waals surface area contributed by atoms with Gasteiger partial charge in [-0.3, -0.25) is 9.59 Å². The SMILES string of the molecule is N#CC(NC(=O)CNC(=O)c1ccccc1)c1ccsc1. The number of carbonyl (C=O) groups is 2. The van der Waals surface area contributed by atoms with E-state index in [1.165, 1.54) is 11.3 Å². The number of rotatable bonds is 5. The number of amides is 2. The second kappa shape index (κ2) is 7.22. The zero-order valence-electron chi connectivity index (χ0n) is 11.1. The summed E-state index contributed by atoms with van der Waals surface area (Å²) < 4.78 is 0. The van der Waals surface area contributed by atoms with E-state index in [9.17, 15) is 9.59 Å². The molecular weight excluding hydrogens is 286 g/mol. The average molecular weight is 299 g/mol. The van der Waals surface area contributed by atoms with Gasteiger partial charge in [0.15, 0.2) is 0 Å². The third-order valence-corrected chi connectivity index (χ3v) is 3.46. The molecule has 2 N–H and O–H groups in total. The van der Waals surface area contributed by atoms with Crippen molar-refractivity contribution >= 4 is 23.2 Å². The van der Waals surface area contributed by atoms with Crippen LogP contribution < -0.4 is 10.6 Å². The summed E-state index contributed by atoms with van der Waals surface area (Å²) in [5, 5.41) is 17.8. The molecule has 1 aromatic carbocycles. The molecule has 0 aliphatic carbocycles. The van der Waals surface area contributed by atoms with Gasteiger partial charge in [0.1, 0.15) is 6.04 Å². The van der Waals surface area contributed by atoms with Gasteiger partial charge in [-0.05, 0) is 34.5 Å². The molecule has 0 aliphatic rings. The fraction of sp³-hybridized carbons (Fsp3) is 0.133. The maximum atomic E-state index is 11.8. The monoisotopic (exact) mass is 299 g/mol. The van der Waals surface area contributed by atoms with E-state index in [1.807, 2.05) is 17.5 Å². The summed E-state index contributed by atoms with van der Waals surface area (Å²) in [7, 11) is 0. The van der Waals surface area contributed by atoms with Gasteiger partial charge in [0.05, 0.1) is 12.6 Å². The van der Waals surface area contributed by atoms with Crippen LogP contribution in [0.15, 0.2) is 47.2 Å². The third-order valence-electron chi connectivity index (χ3n) is 2.76. The van der Waals surface area contributed by atoms with Crippen LogP contribution in [0, 0.1) is 11.3 Å². The van der Waals surface area contributed by atoms with Crippen LogP contribution in [0.5, 0.6) is 0 Å². The largest absolute Gasteiger partial charge is 0.343 e. The molecular formula is C15H13N3O2S. The molecule has 0 spiro atoms. The van der Waals surface area contributed by atoms with Crippen molar-refractivity contribution < 1.29 is 9.59 Å². The molecule has 0 saturated carbocycles. The topological polar surface area (TPSA) is 82.0 Å². The quantitative estimate of drug-likeness (QED) is 0.884. The molecule has 1 heterocycles. The number of carbonyl (C=O) groups excluding carboxylic acids is 2. The van der Waals surface area contributed by atoms with Crippen molar-refractivity contribution in [1.29, 1.82) is 5.26 Å². The highest BCUT2D eigenvalue weighted by Gasteiger charge is 2.14. The Bertz CT molecular complexity index is 647. The first-order valence-corrected chi connectivity index (χ1v) is 7.19. The predicted molar refractivity (Wildman–Crippen MR) is 79.6 cm³/mol. The number of nitrogens with zero attached hydrogens (tertiary/aromatic N) is 1. The lowest BCUT2D eigenvalue weighted by atomic mass is 10.2. The van der Waals surface area contributed by atoms with Crippen molar-refractivity contribution in [2.24, 2.45) is 0 Å². The van der Waals surface area contributed by atoms with Crippen molar-refractivity contribution in [3.63, 3.8) is 0 Å². The lowest BCUT2D eigenvalue weighted by Gasteiger charge is -2.11. The second-order valence-electron chi connectivity index (χ2n) is 4.24. The van der Waals surface area contributed by atoms with Gasteiger partial charge >= 0.3 is 0 Å². The van der Waals surface area contributed by atoms with E-state index in [-0.39, 0.29) is 12.5 Å². The summed E-state index contributed by atoms with van der Waals surface area (Å²) >= 11 is 1.45. The molecule has 2 aromatic rings. The van der Waals surface area contributed by atoms with Gasteiger partial charge in [0, 0.05) is 5.56 Å². The van der Waals surface area contributed by atoms with Crippen LogP contribution in [0.25, 0.3) is 0 Å². The van der Waals surface area contributed by atoms with E-state index in [1.54, 1.807) is 35.7 Å². The first-order chi connectivity index (χ1) is 10.2. The molecule has 0 aliphatic heterocycles. The minimum Gasteiger partial charge on any atom is -0.343 e. The molecule has 0 saturated heterocycles. The maximum Gasteiger partial charge on any atom is 0.251 e. The minimum atomic E-state index is -0.697. The molecule has 5 nitrogen and oxygen atoms in total. The normalized spacial score (nSPS) is 11.2. The number of nitriles is 1. The van der Waals surface area contributed by atoms with Crippen LogP contribution in [-0.4, -0.2) is 18.4 Å². The van der Waals surface area contributed by atoms with Crippen molar-refractivity contribution in [3.05, 3.63) is 58.3 Å². The Morgan fingerprint density at radius 2 is 2.00 bits per heavy atom. The molecule has 0 fully saturated rings. The number of hydrogen-bond acceptors (Lipinski definition) is 4. The average Bonchev–Trinajstić information content (AvgIpc) is 3.05. The van der Waals surface area contributed by atoms with E-state index >= 15 is 0 Å². The molecule has 0 radical (unpaired) electrons. The van der Waals surface area contributed by atoms with E-state index in [0.717, 1.165) is 5.56 Å². The smallest absolute Gasteiger partial charge is 0.251 e. The van der Waals surface area contributed by atoms with Crippen molar-refractivity contribution in [2.45, 2.75) is 6.04 Å². The van der Waals surface area contributed by atoms with Crippen LogP contribution in [0.2, 0.25) is 0 Å². The number of benzene rings is 1. The molecule has 1 atom stereocenters. The molecule has 0 bridgehead atoms. The van der Waals surface area contributed by atoms with Gasteiger partial charge in [-0.2, -0.15) is 16.6 Å². The Kier molecular flexibility index (Phi) is 5.07. The van der Waals surface area contributed by atoms with Crippen LogP contribution in [0.3, 0.4) is 0 Å². The summed E-state index contributed by atoms with van der Waals surface area (Å²) in [5.41, 5.74) is 1.23. The summed E-state index contributed by atoms with van der Waals surface area (Å²) in [6.45, 7) is -0.171. The summed E-state index contributed by atoms with van der Waals surface area (Å²) in [6.07, 6.45) is 0. The molecule has 21 heavy (non-hydrogen) atoms.